The molecule has 15 heteroatoms. The maximum atomic E-state index is 14.3. The standard InChI is InChI=1S/C30H39Cl2F4N5O3S/c1-37(2)45(43,44)41-14-12-39(13-15-41)11-5-4-6-29(42)40-19-23(22-8-10-25(31)26(32)17-22)28(20-40)38(3)18-21-7-9-24(27(33)16-21)30(34,35)36/h7-10,16-17,23,28H,4-6,11-15,18-20H2,1-3H3/t23-,28+/m1/s1. The van der Waals surface area contributed by atoms with E-state index >= 15 is 0 Å². The van der Waals surface area contributed by atoms with Crippen LogP contribution >= 0.6 is 23.2 Å². The topological polar surface area (TPSA) is 67.4 Å². The zero-order valence-electron chi connectivity index (χ0n) is 25.5. The average Bonchev–Trinajstić information content (AvgIpc) is 3.42. The van der Waals surface area contributed by atoms with Gasteiger partial charge in [0.25, 0.3) is 10.2 Å². The lowest BCUT2D eigenvalue weighted by Crippen LogP contribution is -2.51. The lowest BCUT2D eigenvalue weighted by Gasteiger charge is -2.35. The van der Waals surface area contributed by atoms with Gasteiger partial charge in [-0.3, -0.25) is 9.69 Å². The molecule has 1 amide bonds. The number of nitrogens with zero attached hydrogens (tertiary/aromatic N) is 5. The third-order valence-corrected chi connectivity index (χ3v) is 11.3. The van der Waals surface area contributed by atoms with Crippen LogP contribution in [0.15, 0.2) is 36.4 Å². The van der Waals surface area contributed by atoms with Crippen molar-refractivity contribution < 1.29 is 30.8 Å². The van der Waals surface area contributed by atoms with E-state index in [1.165, 1.54) is 28.8 Å². The van der Waals surface area contributed by atoms with E-state index in [9.17, 15) is 30.8 Å². The van der Waals surface area contributed by atoms with Gasteiger partial charge in [-0.2, -0.15) is 30.2 Å². The summed E-state index contributed by atoms with van der Waals surface area (Å²) in [6, 6.07) is 8.06. The molecular weight excluding hydrogens is 657 g/mol. The number of halogens is 6. The predicted molar refractivity (Wildman–Crippen MR) is 167 cm³/mol. The van der Waals surface area contributed by atoms with E-state index < -0.39 is 27.8 Å². The van der Waals surface area contributed by atoms with E-state index in [0.29, 0.717) is 67.7 Å². The van der Waals surface area contributed by atoms with Crippen LogP contribution in [0.4, 0.5) is 17.6 Å². The van der Waals surface area contributed by atoms with Gasteiger partial charge in [-0.1, -0.05) is 35.3 Å². The first-order chi connectivity index (χ1) is 21.1. The summed E-state index contributed by atoms with van der Waals surface area (Å²) in [5.74, 6) is -1.47. The van der Waals surface area contributed by atoms with Crippen LogP contribution in [0.5, 0.6) is 0 Å². The highest BCUT2D eigenvalue weighted by Gasteiger charge is 2.39. The zero-order valence-corrected chi connectivity index (χ0v) is 27.9. The minimum Gasteiger partial charge on any atom is -0.340 e. The molecule has 45 heavy (non-hydrogen) atoms. The summed E-state index contributed by atoms with van der Waals surface area (Å²) in [7, 11) is 1.43. The van der Waals surface area contributed by atoms with Crippen LogP contribution in [0.2, 0.25) is 10.0 Å². The Labute approximate surface area is 272 Å². The molecule has 0 aliphatic carbocycles. The molecule has 0 radical (unpaired) electrons. The molecule has 2 aliphatic rings. The Balaban J connectivity index is 1.35. The Kier molecular flexibility index (Phi) is 11.8. The second-order valence-corrected chi connectivity index (χ2v) is 14.8. The van der Waals surface area contributed by atoms with Crippen LogP contribution in [-0.2, 0) is 27.7 Å². The fourth-order valence-electron chi connectivity index (χ4n) is 5.98. The Morgan fingerprint density at radius 3 is 2.24 bits per heavy atom. The number of carbonyl (C=O) groups excluding carboxylic acids is 1. The number of hydrogen-bond acceptors (Lipinski definition) is 5. The lowest BCUT2D eigenvalue weighted by atomic mass is 9.93. The van der Waals surface area contributed by atoms with Crippen LogP contribution in [0.1, 0.15) is 41.9 Å². The molecule has 0 aromatic heterocycles. The third-order valence-electron chi connectivity index (χ3n) is 8.58. The van der Waals surface area contributed by atoms with Crippen molar-refractivity contribution in [2.45, 2.75) is 43.9 Å². The summed E-state index contributed by atoms with van der Waals surface area (Å²) < 4.78 is 80.8. The van der Waals surface area contributed by atoms with Crippen molar-refractivity contribution in [3.05, 3.63) is 69.0 Å². The van der Waals surface area contributed by atoms with E-state index in [0.717, 1.165) is 30.7 Å². The fourth-order valence-corrected chi connectivity index (χ4v) is 7.38. The molecule has 2 saturated heterocycles. The molecule has 0 spiro atoms. The molecule has 2 heterocycles. The van der Waals surface area contributed by atoms with Gasteiger partial charge in [-0.25, -0.2) is 4.39 Å². The van der Waals surface area contributed by atoms with E-state index in [1.54, 1.807) is 17.0 Å². The fraction of sp³-hybridized carbons (Fsp3) is 0.567. The number of carbonyl (C=O) groups is 1. The second-order valence-electron chi connectivity index (χ2n) is 11.9. The monoisotopic (exact) mass is 695 g/mol. The second kappa shape index (κ2) is 14.8. The van der Waals surface area contributed by atoms with Gasteiger partial charge in [0, 0.05) is 78.3 Å². The minimum absolute atomic E-state index is 0.00145. The Morgan fingerprint density at radius 1 is 0.956 bits per heavy atom. The zero-order chi connectivity index (χ0) is 33.1. The molecule has 0 unspecified atom stereocenters. The number of likely N-dealkylation sites (tertiary alicyclic amines) is 1. The smallest absolute Gasteiger partial charge is 0.340 e. The molecule has 2 aliphatic heterocycles. The Hall–Kier alpha value is -2.00. The Bertz CT molecular complexity index is 1460. The number of likely N-dealkylation sites (N-methyl/N-ethyl adjacent to an activating group) is 1. The van der Waals surface area contributed by atoms with E-state index in [1.807, 2.05) is 18.0 Å². The first kappa shape index (κ1) is 35.8. The summed E-state index contributed by atoms with van der Waals surface area (Å²) in [5.41, 5.74) is -0.0360. The molecule has 2 aromatic rings. The SMILES string of the molecule is CN(Cc1ccc(C(F)(F)F)c(F)c1)[C@H]1CN(C(=O)CCCCN2CCN(S(=O)(=O)N(C)C)CC2)C[C@@H]1c1ccc(Cl)c(Cl)c1. The highest BCUT2D eigenvalue weighted by atomic mass is 35.5. The number of amides is 1. The molecule has 4 rings (SSSR count). The third kappa shape index (κ3) is 8.88. The van der Waals surface area contributed by atoms with Crippen molar-refractivity contribution in [2.24, 2.45) is 0 Å². The first-order valence-electron chi connectivity index (χ1n) is 14.8. The van der Waals surface area contributed by atoms with Crippen LogP contribution in [0.25, 0.3) is 0 Å². The molecule has 0 N–H and O–H groups in total. The van der Waals surface area contributed by atoms with E-state index in [2.05, 4.69) is 4.90 Å². The van der Waals surface area contributed by atoms with Gasteiger partial charge in [0.15, 0.2) is 0 Å². The number of rotatable bonds is 11. The molecule has 0 saturated carbocycles. The lowest BCUT2D eigenvalue weighted by molar-refractivity contribution is -0.140. The maximum Gasteiger partial charge on any atom is 0.419 e. The van der Waals surface area contributed by atoms with Crippen molar-refractivity contribution >= 4 is 39.3 Å². The highest BCUT2D eigenvalue weighted by Crippen LogP contribution is 2.36. The van der Waals surface area contributed by atoms with Crippen LogP contribution < -0.4 is 0 Å². The van der Waals surface area contributed by atoms with Crippen molar-refractivity contribution in [1.82, 2.24) is 23.3 Å². The van der Waals surface area contributed by atoms with E-state index in [4.69, 9.17) is 23.2 Å². The van der Waals surface area contributed by atoms with Gasteiger partial charge in [-0.05, 0) is 61.8 Å². The van der Waals surface area contributed by atoms with Crippen molar-refractivity contribution in [2.75, 3.05) is 67.0 Å². The van der Waals surface area contributed by atoms with E-state index in [-0.39, 0.29) is 24.4 Å². The van der Waals surface area contributed by atoms with Gasteiger partial charge >= 0.3 is 6.18 Å². The first-order valence-corrected chi connectivity index (χ1v) is 16.9. The van der Waals surface area contributed by atoms with Crippen molar-refractivity contribution in [3.8, 4) is 0 Å². The number of unbranched alkanes of at least 4 members (excludes halogenated alkanes) is 1. The quantitative estimate of drug-likeness (QED) is 0.240. The van der Waals surface area contributed by atoms with Crippen molar-refractivity contribution in [1.29, 1.82) is 0 Å². The molecule has 2 fully saturated rings. The van der Waals surface area contributed by atoms with Crippen LogP contribution in [-0.4, -0.2) is 111 Å². The van der Waals surface area contributed by atoms with Gasteiger partial charge in [0.05, 0.1) is 15.6 Å². The maximum absolute atomic E-state index is 14.3. The van der Waals surface area contributed by atoms with Crippen molar-refractivity contribution in [3.63, 3.8) is 0 Å². The molecule has 8 nitrogen and oxygen atoms in total. The Morgan fingerprint density at radius 2 is 1.64 bits per heavy atom. The van der Waals surface area contributed by atoms with Crippen LogP contribution in [0.3, 0.4) is 0 Å². The highest BCUT2D eigenvalue weighted by molar-refractivity contribution is 7.86. The van der Waals surface area contributed by atoms with Gasteiger partial charge < -0.3 is 9.80 Å². The summed E-state index contributed by atoms with van der Waals surface area (Å²) in [6.07, 6.45) is -2.96. The molecule has 0 bridgehead atoms. The predicted octanol–water partition coefficient (Wildman–Crippen LogP) is 5.17. The number of benzene rings is 2. The number of alkyl halides is 3. The largest absolute Gasteiger partial charge is 0.419 e. The minimum atomic E-state index is -4.77. The van der Waals surface area contributed by atoms with Crippen LogP contribution in [0, 0.1) is 5.82 Å². The number of piperazine rings is 1. The summed E-state index contributed by atoms with van der Waals surface area (Å²) >= 11 is 12.5. The van der Waals surface area contributed by atoms with Gasteiger partial charge in [-0.15, -0.1) is 0 Å². The molecule has 250 valence electrons. The van der Waals surface area contributed by atoms with Gasteiger partial charge in [0.2, 0.25) is 5.91 Å². The molecule has 2 atom stereocenters. The summed E-state index contributed by atoms with van der Waals surface area (Å²) in [4.78, 5) is 19.3. The summed E-state index contributed by atoms with van der Waals surface area (Å²) in [6.45, 7) is 3.90. The summed E-state index contributed by atoms with van der Waals surface area (Å²) in [5, 5.41) is 0.780. The average molecular weight is 697 g/mol. The van der Waals surface area contributed by atoms with Gasteiger partial charge in [0.1, 0.15) is 5.82 Å². The normalized spacial score (nSPS) is 20.5. The molecule has 2 aromatic carbocycles. The number of hydrogen-bond donors (Lipinski definition) is 0. The molecular formula is C30H39Cl2F4N5O3S.